The number of aryl methyl sites for hydroxylation is 1. The van der Waals surface area contributed by atoms with Crippen molar-refractivity contribution in [2.24, 2.45) is 0 Å². The molecule has 6 nitrogen and oxygen atoms in total. The van der Waals surface area contributed by atoms with Gasteiger partial charge in [0.05, 0.1) is 10.6 Å². The molecule has 1 atom stereocenters. The molecule has 0 bridgehead atoms. The van der Waals surface area contributed by atoms with Crippen molar-refractivity contribution >= 4 is 23.1 Å². The first kappa shape index (κ1) is 16.8. The molecule has 1 amide bonds. The van der Waals surface area contributed by atoms with Gasteiger partial charge in [0.15, 0.2) is 5.82 Å². The molecule has 4 rings (SSSR count). The predicted octanol–water partition coefficient (Wildman–Crippen LogP) is 3.24. The quantitative estimate of drug-likeness (QED) is 0.742. The highest BCUT2D eigenvalue weighted by molar-refractivity contribution is 7.12. The Kier molecular flexibility index (Phi) is 4.71. The van der Waals surface area contributed by atoms with E-state index in [1.165, 1.54) is 11.3 Å². The fourth-order valence-electron chi connectivity index (χ4n) is 3.31. The second kappa shape index (κ2) is 7.29. The van der Waals surface area contributed by atoms with Crippen LogP contribution in [0.3, 0.4) is 0 Å². The number of aromatic amines is 1. The number of aromatic nitrogens is 3. The van der Waals surface area contributed by atoms with Crippen LogP contribution in [0.5, 0.6) is 0 Å². The normalized spacial score (nSPS) is 17.3. The molecular formula is C19H21N5OS. The average molecular weight is 367 g/mol. The minimum absolute atomic E-state index is 0.0313. The molecule has 2 N–H and O–H groups in total. The number of thiophene rings is 1. The number of piperidine rings is 1. The Morgan fingerprint density at radius 1 is 1.35 bits per heavy atom. The lowest BCUT2D eigenvalue weighted by molar-refractivity contribution is 0.0936. The van der Waals surface area contributed by atoms with Gasteiger partial charge in [0.25, 0.3) is 5.91 Å². The lowest BCUT2D eigenvalue weighted by atomic mass is 10.1. The SMILES string of the molecule is Cc1ccsc1C(=O)N[C@H]1CCCN(c2cc(-c3ccncc3)[nH]n2)C1. The summed E-state index contributed by atoms with van der Waals surface area (Å²) >= 11 is 1.50. The fraction of sp³-hybridized carbons (Fsp3) is 0.316. The van der Waals surface area contributed by atoms with Gasteiger partial charge in [-0.1, -0.05) is 0 Å². The van der Waals surface area contributed by atoms with Crippen molar-refractivity contribution in [3.63, 3.8) is 0 Å². The molecule has 0 radical (unpaired) electrons. The van der Waals surface area contributed by atoms with Crippen LogP contribution in [0, 0.1) is 6.92 Å². The van der Waals surface area contributed by atoms with E-state index in [1.807, 2.05) is 30.5 Å². The molecule has 0 spiro atoms. The van der Waals surface area contributed by atoms with E-state index in [-0.39, 0.29) is 11.9 Å². The number of nitrogens with one attached hydrogen (secondary N) is 2. The van der Waals surface area contributed by atoms with E-state index in [0.717, 1.165) is 53.4 Å². The number of pyridine rings is 1. The first-order valence-electron chi connectivity index (χ1n) is 8.76. The van der Waals surface area contributed by atoms with Crippen LogP contribution in [0.15, 0.2) is 42.0 Å². The molecule has 0 unspecified atom stereocenters. The lowest BCUT2D eigenvalue weighted by Gasteiger charge is -2.33. The van der Waals surface area contributed by atoms with Crippen LogP contribution >= 0.6 is 11.3 Å². The van der Waals surface area contributed by atoms with Gasteiger partial charge in [-0.25, -0.2) is 0 Å². The minimum atomic E-state index is 0.0313. The number of anilines is 1. The molecule has 1 aliphatic heterocycles. The molecule has 0 aliphatic carbocycles. The molecule has 4 heterocycles. The van der Waals surface area contributed by atoms with Crippen molar-refractivity contribution < 1.29 is 4.79 Å². The van der Waals surface area contributed by atoms with E-state index in [2.05, 4.69) is 31.5 Å². The predicted molar refractivity (Wildman–Crippen MR) is 104 cm³/mol. The average Bonchev–Trinajstić information content (AvgIpc) is 3.32. The van der Waals surface area contributed by atoms with Gasteiger partial charge in [-0.05, 0) is 48.9 Å². The molecule has 0 aromatic carbocycles. The van der Waals surface area contributed by atoms with E-state index < -0.39 is 0 Å². The monoisotopic (exact) mass is 367 g/mol. The van der Waals surface area contributed by atoms with Crippen molar-refractivity contribution in [1.82, 2.24) is 20.5 Å². The zero-order chi connectivity index (χ0) is 17.9. The van der Waals surface area contributed by atoms with Crippen molar-refractivity contribution in [3.05, 3.63) is 52.5 Å². The van der Waals surface area contributed by atoms with Crippen molar-refractivity contribution in [2.45, 2.75) is 25.8 Å². The summed E-state index contributed by atoms with van der Waals surface area (Å²) in [5, 5.41) is 12.7. The third-order valence-corrected chi connectivity index (χ3v) is 5.72. The van der Waals surface area contributed by atoms with Crippen LogP contribution < -0.4 is 10.2 Å². The number of rotatable bonds is 4. The van der Waals surface area contributed by atoms with Gasteiger partial charge in [-0.15, -0.1) is 11.3 Å². The lowest BCUT2D eigenvalue weighted by Crippen LogP contribution is -2.47. The molecule has 1 aliphatic rings. The Morgan fingerprint density at radius 2 is 2.19 bits per heavy atom. The zero-order valence-corrected chi connectivity index (χ0v) is 15.4. The van der Waals surface area contributed by atoms with E-state index >= 15 is 0 Å². The summed E-state index contributed by atoms with van der Waals surface area (Å²) in [6.07, 6.45) is 5.57. The van der Waals surface area contributed by atoms with Crippen molar-refractivity contribution in [1.29, 1.82) is 0 Å². The number of hydrogen-bond acceptors (Lipinski definition) is 5. The summed E-state index contributed by atoms with van der Waals surface area (Å²) in [7, 11) is 0. The smallest absolute Gasteiger partial charge is 0.261 e. The van der Waals surface area contributed by atoms with Crippen LogP contribution in [0.2, 0.25) is 0 Å². The van der Waals surface area contributed by atoms with Gasteiger partial charge < -0.3 is 10.2 Å². The third kappa shape index (κ3) is 3.48. The van der Waals surface area contributed by atoms with Gasteiger partial charge in [-0.3, -0.25) is 14.9 Å². The van der Waals surface area contributed by atoms with E-state index in [9.17, 15) is 4.79 Å². The molecule has 3 aromatic rings. The number of carbonyl (C=O) groups excluding carboxylic acids is 1. The number of hydrogen-bond donors (Lipinski definition) is 2. The molecule has 1 fully saturated rings. The van der Waals surface area contributed by atoms with Crippen LogP contribution in [0.25, 0.3) is 11.3 Å². The molecule has 7 heteroatoms. The van der Waals surface area contributed by atoms with E-state index in [4.69, 9.17) is 0 Å². The van der Waals surface area contributed by atoms with Gasteiger partial charge >= 0.3 is 0 Å². The number of carbonyl (C=O) groups is 1. The standard InChI is InChI=1S/C19H21N5OS/c1-13-6-10-26-18(13)19(25)21-15-3-2-9-24(12-15)17-11-16(22-23-17)14-4-7-20-8-5-14/h4-8,10-11,15H,2-3,9,12H2,1H3,(H,21,25)(H,22,23)/t15-/m0/s1. The Hall–Kier alpha value is -2.67. The summed E-state index contributed by atoms with van der Waals surface area (Å²) in [6, 6.07) is 8.10. The topological polar surface area (TPSA) is 73.9 Å². The highest BCUT2D eigenvalue weighted by atomic mass is 32.1. The van der Waals surface area contributed by atoms with Crippen LogP contribution in [0.4, 0.5) is 5.82 Å². The minimum Gasteiger partial charge on any atom is -0.353 e. The van der Waals surface area contributed by atoms with Crippen LogP contribution in [-0.2, 0) is 0 Å². The molecule has 1 saturated heterocycles. The van der Waals surface area contributed by atoms with Gasteiger partial charge in [-0.2, -0.15) is 5.10 Å². The number of amides is 1. The van der Waals surface area contributed by atoms with Crippen LogP contribution in [-0.4, -0.2) is 40.2 Å². The van der Waals surface area contributed by atoms with Gasteiger partial charge in [0.1, 0.15) is 0 Å². The molecule has 0 saturated carbocycles. The summed E-state index contributed by atoms with van der Waals surface area (Å²) in [6.45, 7) is 3.70. The highest BCUT2D eigenvalue weighted by Gasteiger charge is 2.24. The fourth-order valence-corrected chi connectivity index (χ4v) is 4.14. The summed E-state index contributed by atoms with van der Waals surface area (Å²) in [5.74, 6) is 0.951. The van der Waals surface area contributed by atoms with Crippen molar-refractivity contribution in [3.8, 4) is 11.3 Å². The number of nitrogens with zero attached hydrogens (tertiary/aromatic N) is 3. The number of H-pyrrole nitrogens is 1. The first-order chi connectivity index (χ1) is 12.7. The maximum atomic E-state index is 12.5. The Labute approximate surface area is 156 Å². The summed E-state index contributed by atoms with van der Waals surface area (Å²) in [5.41, 5.74) is 3.08. The van der Waals surface area contributed by atoms with E-state index in [1.54, 1.807) is 12.4 Å². The first-order valence-corrected chi connectivity index (χ1v) is 9.64. The molecule has 3 aromatic heterocycles. The third-order valence-electron chi connectivity index (χ3n) is 4.70. The largest absolute Gasteiger partial charge is 0.353 e. The van der Waals surface area contributed by atoms with Crippen molar-refractivity contribution in [2.75, 3.05) is 18.0 Å². The Morgan fingerprint density at radius 3 is 2.96 bits per heavy atom. The van der Waals surface area contributed by atoms with E-state index in [0.29, 0.717) is 0 Å². The second-order valence-corrected chi connectivity index (χ2v) is 7.48. The summed E-state index contributed by atoms with van der Waals surface area (Å²) < 4.78 is 0. The molecular weight excluding hydrogens is 346 g/mol. The second-order valence-electron chi connectivity index (χ2n) is 6.57. The van der Waals surface area contributed by atoms with Crippen LogP contribution in [0.1, 0.15) is 28.1 Å². The maximum Gasteiger partial charge on any atom is 0.261 e. The maximum absolute atomic E-state index is 12.5. The van der Waals surface area contributed by atoms with Gasteiger partial charge in [0.2, 0.25) is 0 Å². The van der Waals surface area contributed by atoms with Gasteiger partial charge in [0, 0.05) is 43.2 Å². The molecule has 134 valence electrons. The molecule has 26 heavy (non-hydrogen) atoms. The highest BCUT2D eigenvalue weighted by Crippen LogP contribution is 2.24. The zero-order valence-electron chi connectivity index (χ0n) is 14.6. The summed E-state index contributed by atoms with van der Waals surface area (Å²) in [4.78, 5) is 19.6. The Balaban J connectivity index is 1.43. The Bertz CT molecular complexity index is 888.